The van der Waals surface area contributed by atoms with Gasteiger partial charge in [-0.3, -0.25) is 9.69 Å². The maximum Gasteiger partial charge on any atom is 0.332 e. The fourth-order valence-electron chi connectivity index (χ4n) is 6.48. The lowest BCUT2D eigenvalue weighted by molar-refractivity contribution is -0.127. The first kappa shape index (κ1) is 25.6. The summed E-state index contributed by atoms with van der Waals surface area (Å²) in [5.74, 6) is -0.452. The Morgan fingerprint density at radius 1 is 0.795 bits per heavy atom. The van der Waals surface area contributed by atoms with E-state index in [4.69, 9.17) is 0 Å². The molecule has 3 saturated heterocycles. The third-order valence-corrected chi connectivity index (χ3v) is 8.66. The van der Waals surface area contributed by atoms with E-state index in [1.807, 2.05) is 6.92 Å². The molecule has 202 valence electrons. The Hall–Kier alpha value is -3.71. The summed E-state index contributed by atoms with van der Waals surface area (Å²) >= 11 is 0. The number of likely N-dealkylation sites (tertiary alicyclic amines) is 1. The van der Waals surface area contributed by atoms with E-state index in [2.05, 4.69) is 34.1 Å². The van der Waals surface area contributed by atoms with E-state index < -0.39 is 5.54 Å². The fraction of sp³-hybridized carbons (Fsp3) is 0.375. The van der Waals surface area contributed by atoms with Gasteiger partial charge in [-0.1, -0.05) is 42.5 Å². The van der Waals surface area contributed by atoms with Crippen molar-refractivity contribution in [3.8, 4) is 11.1 Å². The van der Waals surface area contributed by atoms with Crippen molar-refractivity contribution in [1.82, 2.24) is 9.80 Å². The number of amides is 3. The van der Waals surface area contributed by atoms with Crippen molar-refractivity contribution < 1.29 is 14.0 Å². The van der Waals surface area contributed by atoms with Crippen LogP contribution >= 0.6 is 0 Å². The van der Waals surface area contributed by atoms with Gasteiger partial charge >= 0.3 is 6.03 Å². The first-order valence-electron chi connectivity index (χ1n) is 14.1. The number of urea groups is 1. The third kappa shape index (κ3) is 4.59. The van der Waals surface area contributed by atoms with Crippen molar-refractivity contribution in [1.29, 1.82) is 0 Å². The summed E-state index contributed by atoms with van der Waals surface area (Å²) in [5, 5.41) is 0. The zero-order valence-electron chi connectivity index (χ0n) is 22.5. The van der Waals surface area contributed by atoms with Crippen molar-refractivity contribution in [3.63, 3.8) is 0 Å². The highest BCUT2D eigenvalue weighted by molar-refractivity contribution is 6.23. The SMILES string of the molecule is CCN1C(=O)N(c2ccc(-c3ccccc3F)cc2)C(=O)C12CCN(Cc1ccc(N3CCCC3)cc1)CC2. The molecule has 3 amide bonds. The van der Waals surface area contributed by atoms with Gasteiger partial charge in [-0.05, 0) is 74.1 Å². The Labute approximate surface area is 229 Å². The minimum Gasteiger partial charge on any atom is -0.372 e. The molecule has 0 saturated carbocycles. The molecule has 7 heteroatoms. The van der Waals surface area contributed by atoms with Crippen LogP contribution in [0, 0.1) is 5.82 Å². The number of nitrogens with zero attached hydrogens (tertiary/aromatic N) is 4. The normalized spacial score (nSPS) is 19.5. The second-order valence-electron chi connectivity index (χ2n) is 10.9. The Bertz CT molecular complexity index is 1340. The predicted molar refractivity (Wildman–Crippen MR) is 152 cm³/mol. The molecular weight excluding hydrogens is 491 g/mol. The van der Waals surface area contributed by atoms with Crippen molar-refractivity contribution in [2.45, 2.75) is 44.7 Å². The topological polar surface area (TPSA) is 47.1 Å². The fourth-order valence-corrected chi connectivity index (χ4v) is 6.48. The number of likely N-dealkylation sites (N-methyl/N-ethyl adjacent to an activating group) is 1. The lowest BCUT2D eigenvalue weighted by Crippen LogP contribution is -2.56. The van der Waals surface area contributed by atoms with Crippen LogP contribution in [0.3, 0.4) is 0 Å². The summed E-state index contributed by atoms with van der Waals surface area (Å²) in [7, 11) is 0. The molecule has 0 aromatic heterocycles. The standard InChI is InChI=1S/C32H35FN4O2/c1-2-36-31(39)37(27-15-11-25(12-16-27)28-7-3-4-8-29(28)33)30(38)32(36)17-21-34(22-18-32)23-24-9-13-26(14-10-24)35-19-5-6-20-35/h3-4,7-16H,2,5-6,17-23H2,1H3. The van der Waals surface area contributed by atoms with Crippen LogP contribution in [0.1, 0.15) is 38.2 Å². The van der Waals surface area contributed by atoms with Crippen LogP contribution in [0.15, 0.2) is 72.8 Å². The van der Waals surface area contributed by atoms with E-state index >= 15 is 0 Å². The molecule has 1 spiro atoms. The van der Waals surface area contributed by atoms with Crippen LogP contribution in [-0.4, -0.2) is 60.0 Å². The number of halogens is 1. The largest absolute Gasteiger partial charge is 0.372 e. The molecule has 0 unspecified atom stereocenters. The Balaban J connectivity index is 1.15. The van der Waals surface area contributed by atoms with Gasteiger partial charge in [0, 0.05) is 50.5 Å². The molecule has 3 aliphatic rings. The van der Waals surface area contributed by atoms with Crippen molar-refractivity contribution in [2.75, 3.05) is 42.5 Å². The number of hydrogen-bond acceptors (Lipinski definition) is 4. The maximum absolute atomic E-state index is 14.3. The highest BCUT2D eigenvalue weighted by Gasteiger charge is 2.57. The smallest absolute Gasteiger partial charge is 0.332 e. The third-order valence-electron chi connectivity index (χ3n) is 8.66. The van der Waals surface area contributed by atoms with Gasteiger partial charge in [0.15, 0.2) is 0 Å². The minimum atomic E-state index is -0.813. The second-order valence-corrected chi connectivity index (χ2v) is 10.9. The summed E-state index contributed by atoms with van der Waals surface area (Å²) in [5.41, 5.74) is 3.48. The number of imide groups is 1. The van der Waals surface area contributed by atoms with Crippen molar-refractivity contribution in [2.24, 2.45) is 0 Å². The molecule has 0 bridgehead atoms. The lowest BCUT2D eigenvalue weighted by atomic mass is 9.85. The summed E-state index contributed by atoms with van der Waals surface area (Å²) in [6.45, 7) is 7.04. The van der Waals surface area contributed by atoms with Crippen LogP contribution in [0.4, 0.5) is 20.6 Å². The van der Waals surface area contributed by atoms with Crippen molar-refractivity contribution in [3.05, 3.63) is 84.2 Å². The maximum atomic E-state index is 14.3. The number of anilines is 2. The Morgan fingerprint density at radius 2 is 1.44 bits per heavy atom. The van der Waals surface area contributed by atoms with E-state index in [-0.39, 0.29) is 17.8 Å². The first-order valence-corrected chi connectivity index (χ1v) is 14.1. The number of hydrogen-bond donors (Lipinski definition) is 0. The van der Waals surface area contributed by atoms with Gasteiger partial charge < -0.3 is 9.80 Å². The van der Waals surface area contributed by atoms with E-state index in [1.165, 1.54) is 35.1 Å². The van der Waals surface area contributed by atoms with Crippen molar-refractivity contribution >= 4 is 23.3 Å². The van der Waals surface area contributed by atoms with Crippen LogP contribution in [0.25, 0.3) is 11.1 Å². The molecule has 3 aromatic rings. The van der Waals surface area contributed by atoms with Crippen LogP contribution in [0.2, 0.25) is 0 Å². The van der Waals surface area contributed by atoms with Gasteiger partial charge in [0.2, 0.25) is 0 Å². The molecule has 6 rings (SSSR count). The van der Waals surface area contributed by atoms with Gasteiger partial charge in [-0.25, -0.2) is 14.1 Å². The highest BCUT2D eigenvalue weighted by atomic mass is 19.1. The van der Waals surface area contributed by atoms with Crippen LogP contribution in [-0.2, 0) is 11.3 Å². The molecule has 3 fully saturated rings. The zero-order chi connectivity index (χ0) is 27.0. The molecule has 0 aliphatic carbocycles. The lowest BCUT2D eigenvalue weighted by Gasteiger charge is -2.41. The van der Waals surface area contributed by atoms with E-state index in [1.54, 1.807) is 47.4 Å². The van der Waals surface area contributed by atoms with Gasteiger partial charge in [-0.2, -0.15) is 0 Å². The molecule has 0 atom stereocenters. The van der Waals surface area contributed by atoms with E-state index in [9.17, 15) is 14.0 Å². The second kappa shape index (κ2) is 10.5. The summed E-state index contributed by atoms with van der Waals surface area (Å²) in [6, 6.07) is 22.2. The molecule has 3 aliphatic heterocycles. The summed E-state index contributed by atoms with van der Waals surface area (Å²) in [6.07, 6.45) is 3.76. The Morgan fingerprint density at radius 3 is 2.08 bits per heavy atom. The number of piperidine rings is 1. The molecule has 3 heterocycles. The van der Waals surface area contributed by atoms with Crippen LogP contribution in [0.5, 0.6) is 0 Å². The zero-order valence-corrected chi connectivity index (χ0v) is 22.5. The van der Waals surface area contributed by atoms with E-state index in [0.29, 0.717) is 36.2 Å². The molecule has 0 radical (unpaired) electrons. The number of benzene rings is 3. The average Bonchev–Trinajstić information content (AvgIpc) is 3.57. The number of carbonyl (C=O) groups is 2. The Kier molecular flexibility index (Phi) is 6.85. The molecule has 3 aromatic carbocycles. The molecule has 0 N–H and O–H groups in total. The molecular formula is C32H35FN4O2. The van der Waals surface area contributed by atoms with E-state index in [0.717, 1.165) is 32.7 Å². The predicted octanol–water partition coefficient (Wildman–Crippen LogP) is 5.92. The van der Waals surface area contributed by atoms with Gasteiger partial charge in [0.25, 0.3) is 5.91 Å². The van der Waals surface area contributed by atoms with Gasteiger partial charge in [-0.15, -0.1) is 0 Å². The molecule has 39 heavy (non-hydrogen) atoms. The monoisotopic (exact) mass is 526 g/mol. The molecule has 6 nitrogen and oxygen atoms in total. The van der Waals surface area contributed by atoms with Gasteiger partial charge in [0.05, 0.1) is 5.69 Å². The van der Waals surface area contributed by atoms with Gasteiger partial charge in [0.1, 0.15) is 11.4 Å². The summed E-state index contributed by atoms with van der Waals surface area (Å²) in [4.78, 5) is 35.3. The average molecular weight is 527 g/mol. The highest BCUT2D eigenvalue weighted by Crippen LogP contribution is 2.40. The van der Waals surface area contributed by atoms with Crippen LogP contribution < -0.4 is 9.80 Å². The summed E-state index contributed by atoms with van der Waals surface area (Å²) < 4.78 is 14.3. The first-order chi connectivity index (χ1) is 19.0. The minimum absolute atomic E-state index is 0.150. The number of rotatable bonds is 6. The number of carbonyl (C=O) groups excluding carboxylic acids is 2. The quantitative estimate of drug-likeness (QED) is 0.375.